The van der Waals surface area contributed by atoms with E-state index >= 15 is 0 Å². The topological polar surface area (TPSA) is 32.8 Å². The van der Waals surface area contributed by atoms with Crippen LogP contribution in [0.25, 0.3) is 55.0 Å². The molecule has 11 aromatic carbocycles. The van der Waals surface area contributed by atoms with Gasteiger partial charge in [0.2, 0.25) is 0 Å². The van der Waals surface area contributed by atoms with E-state index in [-0.39, 0.29) is 5.41 Å². The minimum absolute atomic E-state index is 0.0653. The minimum atomic E-state index is -1.66. The summed E-state index contributed by atoms with van der Waals surface area (Å²) in [5.41, 5.74) is 19.3. The fraction of sp³-hybridized carbons (Fsp3) is 0.165. The van der Waals surface area contributed by atoms with Crippen molar-refractivity contribution in [2.45, 2.75) is 94.5 Å². The monoisotopic (exact) mass is 1170 g/mol. The summed E-state index contributed by atoms with van der Waals surface area (Å²) in [5, 5.41) is 7.05. The van der Waals surface area contributed by atoms with E-state index in [0.717, 1.165) is 106 Å². The van der Waals surface area contributed by atoms with Crippen molar-refractivity contribution in [3.05, 3.63) is 276 Å². The van der Waals surface area contributed by atoms with Gasteiger partial charge in [0.05, 0.1) is 38.3 Å². The Balaban J connectivity index is 1.16. The minimum Gasteiger partial charge on any atom is -0.455 e. The van der Waals surface area contributed by atoms with Crippen LogP contribution in [-0.2, 0) is 10.8 Å². The molecule has 1 atom stereocenters. The molecular weight excluding hydrogens is 1100 g/mol. The number of furan rings is 2. The van der Waals surface area contributed by atoms with Gasteiger partial charge in [-0.3, -0.25) is 0 Å². The molecule has 13 aromatic rings. The van der Waals surface area contributed by atoms with E-state index in [9.17, 15) is 0 Å². The first-order valence-corrected chi connectivity index (χ1v) is 38.0. The molecule has 86 heavy (non-hydrogen) atoms. The van der Waals surface area contributed by atoms with Gasteiger partial charge in [0.1, 0.15) is 16.7 Å². The first kappa shape index (κ1) is 55.3. The van der Waals surface area contributed by atoms with Crippen molar-refractivity contribution in [2.75, 3.05) is 9.80 Å². The number of nitrogens with zero attached hydrogens (tertiary/aromatic N) is 2. The van der Waals surface area contributed by atoms with Crippen LogP contribution in [0.5, 0.6) is 0 Å². The molecule has 0 N–H and O–H groups in total. The number of fused-ring (bicyclic) bond motifs is 11. The number of hydrogen-bond donors (Lipinski definition) is 0. The third-order valence-corrected chi connectivity index (χ3v) is 23.0. The summed E-state index contributed by atoms with van der Waals surface area (Å²) < 4.78 is 15.1. The van der Waals surface area contributed by atoms with Gasteiger partial charge in [0.15, 0.2) is 5.58 Å². The van der Waals surface area contributed by atoms with E-state index < -0.39 is 21.6 Å². The number of benzene rings is 11. The molecule has 0 aliphatic heterocycles. The molecule has 424 valence electrons. The van der Waals surface area contributed by atoms with Crippen LogP contribution in [-0.4, -0.2) is 16.1 Å². The van der Waals surface area contributed by atoms with E-state index in [2.05, 4.69) is 320 Å². The van der Waals surface area contributed by atoms with Gasteiger partial charge in [-0.2, -0.15) is 0 Å². The van der Waals surface area contributed by atoms with Crippen molar-refractivity contribution < 1.29 is 8.83 Å². The van der Waals surface area contributed by atoms with Crippen LogP contribution < -0.4 is 20.2 Å². The second-order valence-corrected chi connectivity index (χ2v) is 37.9. The predicted molar refractivity (Wildman–Crippen MR) is 372 cm³/mol. The van der Waals surface area contributed by atoms with Crippen molar-refractivity contribution in [1.82, 2.24) is 0 Å². The summed E-state index contributed by atoms with van der Waals surface area (Å²) in [5.74, 6) is 0. The van der Waals surface area contributed by atoms with Gasteiger partial charge >= 0.3 is 0 Å². The van der Waals surface area contributed by atoms with E-state index in [1.54, 1.807) is 0 Å². The fourth-order valence-electron chi connectivity index (χ4n) is 13.4. The van der Waals surface area contributed by atoms with Crippen molar-refractivity contribution >= 4 is 116 Å². The zero-order valence-corrected chi connectivity index (χ0v) is 54.0. The molecular formula is C79H72N2O2SSi2. The van der Waals surface area contributed by atoms with Gasteiger partial charge in [0.25, 0.3) is 0 Å². The Kier molecular flexibility index (Phi) is 13.4. The van der Waals surface area contributed by atoms with Gasteiger partial charge in [-0.25, -0.2) is 0 Å². The van der Waals surface area contributed by atoms with Crippen LogP contribution >= 0.6 is 11.8 Å². The van der Waals surface area contributed by atoms with Crippen molar-refractivity contribution in [3.8, 4) is 11.1 Å². The van der Waals surface area contributed by atoms with E-state index in [1.807, 2.05) is 11.8 Å². The highest BCUT2D eigenvalue weighted by Crippen LogP contribution is 2.65. The molecule has 7 heteroatoms. The molecule has 1 aliphatic carbocycles. The number of para-hydroxylation sites is 4. The summed E-state index contributed by atoms with van der Waals surface area (Å²) in [6, 6.07) is 88.6. The first-order valence-electron chi connectivity index (χ1n) is 30.2. The summed E-state index contributed by atoms with van der Waals surface area (Å²) in [6.45, 7) is 25.9. The average Bonchev–Trinajstić information content (AvgIpc) is 1.49. The molecule has 14 rings (SSSR count). The lowest BCUT2D eigenvalue weighted by molar-refractivity contribution is 0.590. The molecule has 0 amide bonds. The van der Waals surface area contributed by atoms with Crippen molar-refractivity contribution in [2.24, 2.45) is 0 Å². The molecule has 0 bridgehead atoms. The lowest BCUT2D eigenvalue weighted by Gasteiger charge is -2.37. The second-order valence-electron chi connectivity index (χ2n) is 26.6. The molecule has 0 spiro atoms. The van der Waals surface area contributed by atoms with Gasteiger partial charge in [-0.05, 0) is 150 Å². The Morgan fingerprint density at radius 2 is 0.860 bits per heavy atom. The Bertz CT molecular complexity index is 4720. The fourth-order valence-corrected chi connectivity index (χ4v) is 16.6. The summed E-state index contributed by atoms with van der Waals surface area (Å²) in [4.78, 5) is 7.30. The zero-order chi connectivity index (χ0) is 59.4. The molecule has 0 radical (unpaired) electrons. The standard InChI is InChI=1S/C79H72N2O2SSi2/c1-51-30-31-52(2)65(48-51)79(54-34-42-60(43-35-54)84-59-40-32-53(33-41-59)78(3,4)5)66-50-69(81(56-24-16-13-17-25-56)58-38-46-62(47-39-58)86(9,10)11)76-73(64-27-19-21-29-71(64)82-76)74(66)75-67(79)49-68(72-63-26-18-20-28-70(63)83-77(72)75)80(55-22-14-12-15-23-55)57-36-44-61(45-37-57)85(6,7)8/h12-50H,1-11H3. The molecule has 4 nitrogen and oxygen atoms in total. The van der Waals surface area contributed by atoms with Crippen LogP contribution in [0.1, 0.15) is 59.7 Å². The molecule has 0 saturated heterocycles. The molecule has 2 aromatic heterocycles. The second kappa shape index (κ2) is 20.8. The third-order valence-electron chi connectivity index (χ3n) is 17.8. The Morgan fingerprint density at radius 1 is 0.407 bits per heavy atom. The van der Waals surface area contributed by atoms with Crippen LogP contribution in [0.4, 0.5) is 34.1 Å². The molecule has 1 aliphatic rings. The highest BCUT2D eigenvalue weighted by molar-refractivity contribution is 7.99. The average molecular weight is 1170 g/mol. The quantitative estimate of drug-likeness (QED) is 0.114. The number of anilines is 6. The van der Waals surface area contributed by atoms with E-state index in [1.165, 1.54) is 42.4 Å². The van der Waals surface area contributed by atoms with Crippen LogP contribution in [0.15, 0.2) is 255 Å². The lowest BCUT2D eigenvalue weighted by Crippen LogP contribution is -2.37. The van der Waals surface area contributed by atoms with Crippen molar-refractivity contribution in [1.29, 1.82) is 0 Å². The number of aryl methyl sites for hydroxylation is 2. The first-order chi connectivity index (χ1) is 41.4. The highest BCUT2D eigenvalue weighted by atomic mass is 32.2. The van der Waals surface area contributed by atoms with Gasteiger partial charge < -0.3 is 18.6 Å². The Morgan fingerprint density at radius 3 is 1.40 bits per heavy atom. The predicted octanol–water partition coefficient (Wildman–Crippen LogP) is 21.9. The van der Waals surface area contributed by atoms with E-state index in [4.69, 9.17) is 8.83 Å². The Hall–Kier alpha value is -8.60. The summed E-state index contributed by atoms with van der Waals surface area (Å²) >= 11 is 1.81. The van der Waals surface area contributed by atoms with Gasteiger partial charge in [0, 0.05) is 59.8 Å². The highest BCUT2D eigenvalue weighted by Gasteiger charge is 2.51. The maximum atomic E-state index is 7.64. The van der Waals surface area contributed by atoms with E-state index in [0.29, 0.717) is 0 Å². The number of rotatable bonds is 12. The van der Waals surface area contributed by atoms with Crippen LogP contribution in [0, 0.1) is 13.8 Å². The van der Waals surface area contributed by atoms with Gasteiger partial charge in [-0.1, -0.05) is 227 Å². The van der Waals surface area contributed by atoms with Crippen molar-refractivity contribution in [3.63, 3.8) is 0 Å². The Labute approximate surface area is 512 Å². The van der Waals surface area contributed by atoms with Crippen LogP contribution in [0.3, 0.4) is 0 Å². The normalized spacial score (nSPS) is 14.3. The zero-order valence-electron chi connectivity index (χ0n) is 51.1. The third kappa shape index (κ3) is 9.25. The SMILES string of the molecule is Cc1ccc(C)c(C2(c3ccc(Sc4ccc(C(C)(C)C)cc4)cc3)c3cc(N(c4ccccc4)c4ccc([Si](C)(C)C)cc4)c4c(oc5ccccc54)c3-c3c2cc(N(c2ccccc2)c2ccc([Si](C)(C)C)cc2)c2oc4ccccc4c32)c1. The van der Waals surface area contributed by atoms with Crippen LogP contribution in [0.2, 0.25) is 39.3 Å². The smallest absolute Gasteiger partial charge is 0.160 e. The number of hydrogen-bond acceptors (Lipinski definition) is 5. The molecule has 2 heterocycles. The molecule has 1 unspecified atom stereocenters. The molecule has 0 saturated carbocycles. The molecule has 0 fully saturated rings. The summed E-state index contributed by atoms with van der Waals surface area (Å²) in [7, 11) is -3.31. The maximum absolute atomic E-state index is 7.64. The maximum Gasteiger partial charge on any atom is 0.160 e. The largest absolute Gasteiger partial charge is 0.455 e. The lowest BCUT2D eigenvalue weighted by atomic mass is 9.66. The van der Waals surface area contributed by atoms with Gasteiger partial charge in [-0.15, -0.1) is 0 Å². The summed E-state index contributed by atoms with van der Waals surface area (Å²) in [6.07, 6.45) is 0.